The van der Waals surface area contributed by atoms with Gasteiger partial charge in [0.1, 0.15) is 0 Å². The van der Waals surface area contributed by atoms with Gasteiger partial charge < -0.3 is 20.9 Å². The second-order valence-corrected chi connectivity index (χ2v) is 5.43. The molecule has 1 atom stereocenters. The van der Waals surface area contributed by atoms with E-state index in [9.17, 15) is 4.79 Å². The zero-order chi connectivity index (χ0) is 14.5. The standard InChI is InChI=1S/C13H17N3O3S/c1-19-7-9(4-5-17)15-12(18)8-2-3-10-11(6-8)20-13(14)16-10/h2-3,6,9,17H,4-5,7H2,1H3,(H2,14,16)(H,15,18). The summed E-state index contributed by atoms with van der Waals surface area (Å²) in [5, 5.41) is 12.3. The highest BCUT2D eigenvalue weighted by atomic mass is 32.1. The third-order valence-electron chi connectivity index (χ3n) is 2.85. The largest absolute Gasteiger partial charge is 0.396 e. The van der Waals surface area contributed by atoms with Gasteiger partial charge in [-0.25, -0.2) is 4.98 Å². The predicted octanol–water partition coefficient (Wildman–Crippen LogP) is 1.01. The van der Waals surface area contributed by atoms with Crippen LogP contribution >= 0.6 is 11.3 Å². The molecule has 20 heavy (non-hydrogen) atoms. The number of anilines is 1. The van der Waals surface area contributed by atoms with Crippen molar-refractivity contribution in [1.82, 2.24) is 10.3 Å². The van der Waals surface area contributed by atoms with Gasteiger partial charge in [-0.1, -0.05) is 11.3 Å². The van der Waals surface area contributed by atoms with Crippen LogP contribution in [0.1, 0.15) is 16.8 Å². The van der Waals surface area contributed by atoms with Crippen LogP contribution in [0.15, 0.2) is 18.2 Å². The van der Waals surface area contributed by atoms with Gasteiger partial charge in [0, 0.05) is 19.3 Å². The van der Waals surface area contributed by atoms with E-state index >= 15 is 0 Å². The number of nitrogen functional groups attached to an aromatic ring is 1. The number of nitrogens with zero attached hydrogens (tertiary/aromatic N) is 1. The molecule has 1 aromatic heterocycles. The molecule has 0 saturated heterocycles. The van der Waals surface area contributed by atoms with Crippen LogP contribution in [0.2, 0.25) is 0 Å². The lowest BCUT2D eigenvalue weighted by atomic mass is 10.1. The number of thiazole rings is 1. The zero-order valence-corrected chi connectivity index (χ0v) is 11.9. The van der Waals surface area contributed by atoms with E-state index in [0.717, 1.165) is 10.2 Å². The van der Waals surface area contributed by atoms with E-state index in [1.165, 1.54) is 11.3 Å². The number of hydrogen-bond donors (Lipinski definition) is 3. The fraction of sp³-hybridized carbons (Fsp3) is 0.385. The highest BCUT2D eigenvalue weighted by Gasteiger charge is 2.14. The van der Waals surface area contributed by atoms with Gasteiger partial charge in [0.05, 0.1) is 22.9 Å². The molecule has 4 N–H and O–H groups in total. The molecule has 108 valence electrons. The number of benzene rings is 1. The number of aliphatic hydroxyl groups is 1. The molecule has 2 aromatic rings. The van der Waals surface area contributed by atoms with Crippen molar-refractivity contribution in [3.05, 3.63) is 23.8 Å². The minimum absolute atomic E-state index is 0.00127. The summed E-state index contributed by atoms with van der Waals surface area (Å²) in [6.07, 6.45) is 0.454. The number of fused-ring (bicyclic) bond motifs is 1. The summed E-state index contributed by atoms with van der Waals surface area (Å²) < 4.78 is 5.89. The van der Waals surface area contributed by atoms with Gasteiger partial charge in [-0.2, -0.15) is 0 Å². The van der Waals surface area contributed by atoms with Gasteiger partial charge in [0.15, 0.2) is 5.13 Å². The summed E-state index contributed by atoms with van der Waals surface area (Å²) in [7, 11) is 1.56. The Morgan fingerprint density at radius 2 is 2.40 bits per heavy atom. The molecule has 1 amide bonds. The van der Waals surface area contributed by atoms with Crippen LogP contribution in [0.25, 0.3) is 10.2 Å². The summed E-state index contributed by atoms with van der Waals surface area (Å²) in [5.74, 6) is -0.200. The Kier molecular flexibility index (Phi) is 4.89. The van der Waals surface area contributed by atoms with Crippen LogP contribution in [0.4, 0.5) is 5.13 Å². The average molecular weight is 295 g/mol. The van der Waals surface area contributed by atoms with Crippen molar-refractivity contribution >= 4 is 32.6 Å². The SMILES string of the molecule is COCC(CCO)NC(=O)c1ccc2nc(N)sc2c1. The van der Waals surface area contributed by atoms with Gasteiger partial charge in [-0.3, -0.25) is 4.79 Å². The maximum Gasteiger partial charge on any atom is 0.251 e. The van der Waals surface area contributed by atoms with Crippen molar-refractivity contribution in [2.24, 2.45) is 0 Å². The van der Waals surface area contributed by atoms with Gasteiger partial charge in [0.25, 0.3) is 5.91 Å². The molecule has 0 aliphatic carbocycles. The zero-order valence-electron chi connectivity index (χ0n) is 11.1. The van der Waals surface area contributed by atoms with Gasteiger partial charge >= 0.3 is 0 Å². The Hall–Kier alpha value is -1.70. The number of aromatic nitrogens is 1. The number of amides is 1. The second kappa shape index (κ2) is 6.65. The maximum atomic E-state index is 12.2. The van der Waals surface area contributed by atoms with E-state index in [0.29, 0.717) is 23.7 Å². The first-order valence-electron chi connectivity index (χ1n) is 6.20. The fourth-order valence-electron chi connectivity index (χ4n) is 1.91. The number of methoxy groups -OCH3 is 1. The second-order valence-electron chi connectivity index (χ2n) is 4.37. The average Bonchev–Trinajstić information content (AvgIpc) is 2.78. The lowest BCUT2D eigenvalue weighted by molar-refractivity contribution is 0.0879. The summed E-state index contributed by atoms with van der Waals surface area (Å²) in [5.41, 5.74) is 6.97. The first-order chi connectivity index (χ1) is 9.63. The highest BCUT2D eigenvalue weighted by molar-refractivity contribution is 7.22. The van der Waals surface area contributed by atoms with Gasteiger partial charge in [-0.05, 0) is 24.6 Å². The molecule has 0 bridgehead atoms. The van der Waals surface area contributed by atoms with Gasteiger partial charge in [0.2, 0.25) is 0 Å². The molecule has 0 radical (unpaired) electrons. The monoisotopic (exact) mass is 295 g/mol. The minimum atomic E-state index is -0.209. The highest BCUT2D eigenvalue weighted by Crippen LogP contribution is 2.24. The molecule has 1 unspecified atom stereocenters. The van der Waals surface area contributed by atoms with E-state index < -0.39 is 0 Å². The van der Waals surface area contributed by atoms with Crippen molar-refractivity contribution in [1.29, 1.82) is 0 Å². The molecular formula is C13H17N3O3S. The third kappa shape index (κ3) is 3.44. The predicted molar refractivity (Wildman–Crippen MR) is 78.9 cm³/mol. The molecule has 7 heteroatoms. The van der Waals surface area contributed by atoms with E-state index in [-0.39, 0.29) is 18.6 Å². The maximum absolute atomic E-state index is 12.2. The number of aliphatic hydroxyl groups excluding tert-OH is 1. The lowest BCUT2D eigenvalue weighted by Crippen LogP contribution is -2.38. The molecule has 1 aromatic carbocycles. The Labute approximate surface area is 120 Å². The number of nitrogens with two attached hydrogens (primary N) is 1. The topological polar surface area (TPSA) is 97.5 Å². The number of carbonyl (C=O) groups excluding carboxylic acids is 1. The molecule has 6 nitrogen and oxygen atoms in total. The lowest BCUT2D eigenvalue weighted by Gasteiger charge is -2.16. The van der Waals surface area contributed by atoms with Crippen LogP contribution < -0.4 is 11.1 Å². The number of rotatable bonds is 6. The Bertz CT molecular complexity index is 594. The number of nitrogens with one attached hydrogen (secondary N) is 1. The van der Waals surface area contributed by atoms with Gasteiger partial charge in [-0.15, -0.1) is 0 Å². The van der Waals surface area contributed by atoms with E-state index in [1.807, 2.05) is 0 Å². The molecule has 0 fully saturated rings. The van der Waals surface area contributed by atoms with Crippen molar-refractivity contribution in [2.45, 2.75) is 12.5 Å². The normalized spacial score (nSPS) is 12.5. The third-order valence-corrected chi connectivity index (χ3v) is 3.70. The van der Waals surface area contributed by atoms with E-state index in [2.05, 4.69) is 10.3 Å². The van der Waals surface area contributed by atoms with Crippen molar-refractivity contribution in [3.8, 4) is 0 Å². The fourth-order valence-corrected chi connectivity index (χ4v) is 2.68. The summed E-state index contributed by atoms with van der Waals surface area (Å²) in [6.45, 7) is 0.362. The smallest absolute Gasteiger partial charge is 0.251 e. The molecular weight excluding hydrogens is 278 g/mol. The van der Waals surface area contributed by atoms with Crippen LogP contribution in [0.5, 0.6) is 0 Å². The Morgan fingerprint density at radius 1 is 1.60 bits per heavy atom. The van der Waals surface area contributed by atoms with Crippen LogP contribution in [-0.4, -0.2) is 42.4 Å². The number of ether oxygens (including phenoxy) is 1. The molecule has 2 rings (SSSR count). The molecule has 1 heterocycles. The Morgan fingerprint density at radius 3 is 3.10 bits per heavy atom. The van der Waals surface area contributed by atoms with Crippen molar-refractivity contribution < 1.29 is 14.6 Å². The Balaban J connectivity index is 2.13. The molecule has 0 spiro atoms. The number of hydrogen-bond acceptors (Lipinski definition) is 6. The summed E-state index contributed by atoms with van der Waals surface area (Å²) >= 11 is 1.35. The van der Waals surface area contributed by atoms with Crippen LogP contribution in [-0.2, 0) is 4.74 Å². The van der Waals surface area contributed by atoms with Crippen LogP contribution in [0.3, 0.4) is 0 Å². The van der Waals surface area contributed by atoms with Crippen LogP contribution in [0, 0.1) is 0 Å². The quantitative estimate of drug-likeness (QED) is 0.739. The molecule has 0 saturated carbocycles. The molecule has 0 aliphatic rings. The van der Waals surface area contributed by atoms with E-state index in [4.69, 9.17) is 15.6 Å². The first kappa shape index (κ1) is 14.7. The molecule has 0 aliphatic heterocycles. The first-order valence-corrected chi connectivity index (χ1v) is 7.02. The summed E-state index contributed by atoms with van der Waals surface area (Å²) in [6, 6.07) is 5.04. The van der Waals surface area contributed by atoms with Crippen molar-refractivity contribution in [2.75, 3.05) is 26.1 Å². The minimum Gasteiger partial charge on any atom is -0.396 e. The van der Waals surface area contributed by atoms with E-state index in [1.54, 1.807) is 25.3 Å². The number of carbonyl (C=O) groups is 1. The summed E-state index contributed by atoms with van der Waals surface area (Å²) in [4.78, 5) is 16.3. The van der Waals surface area contributed by atoms with Crippen molar-refractivity contribution in [3.63, 3.8) is 0 Å².